The molecule has 0 aromatic heterocycles. The van der Waals surface area contributed by atoms with Crippen LogP contribution >= 0.6 is 11.6 Å². The summed E-state index contributed by atoms with van der Waals surface area (Å²) in [5.74, 6) is 0.773. The molecule has 0 aliphatic heterocycles. The zero-order chi connectivity index (χ0) is 30.9. The minimum absolute atomic E-state index is 0.0195. The number of ether oxygens (including phenoxy) is 2. The molecule has 7 nitrogen and oxygen atoms in total. The van der Waals surface area contributed by atoms with Crippen LogP contribution in [0.1, 0.15) is 43.7 Å². The van der Waals surface area contributed by atoms with E-state index in [0.29, 0.717) is 49.6 Å². The summed E-state index contributed by atoms with van der Waals surface area (Å²) < 4.78 is 10.9. The van der Waals surface area contributed by atoms with E-state index in [1.54, 1.807) is 0 Å². The van der Waals surface area contributed by atoms with E-state index in [4.69, 9.17) is 26.2 Å². The minimum atomic E-state index is -0.820. The third-order valence-corrected chi connectivity index (χ3v) is 6.74. The number of carbonyl (C=O) groups excluding carboxylic acids is 2. The van der Waals surface area contributed by atoms with Crippen LogP contribution in [0.2, 0.25) is 5.02 Å². The molecule has 0 atom stereocenters. The van der Waals surface area contributed by atoms with Crippen molar-refractivity contribution in [1.82, 2.24) is 5.32 Å². The van der Waals surface area contributed by atoms with Gasteiger partial charge in [-0.05, 0) is 77.6 Å². The highest BCUT2D eigenvalue weighted by Gasteiger charge is 2.04. The van der Waals surface area contributed by atoms with Crippen LogP contribution < -0.4 is 14.8 Å². The molecule has 43 heavy (non-hydrogen) atoms. The molecule has 0 radical (unpaired) electrons. The van der Waals surface area contributed by atoms with Crippen molar-refractivity contribution in [3.63, 3.8) is 0 Å². The van der Waals surface area contributed by atoms with Crippen molar-refractivity contribution in [2.75, 3.05) is 19.8 Å². The number of nitrogens with one attached hydrogen (secondary N) is 1. The molecule has 0 bridgehead atoms. The topological polar surface area (TPSA) is 102 Å². The number of halogens is 1. The normalized spacial score (nSPS) is 10.4. The summed E-state index contributed by atoms with van der Waals surface area (Å²) in [6.45, 7) is 2.96. The SMILES string of the molecule is CCC(=O)COc1ccc2ccccc2c1.O=C(O)CCCOc1ccc(CCC(=O)NCCc2cccc(Cl)c2)cc1. The van der Waals surface area contributed by atoms with Crippen LogP contribution in [0, 0.1) is 0 Å². The molecule has 0 fully saturated rings. The lowest BCUT2D eigenvalue weighted by Crippen LogP contribution is -2.25. The molecule has 4 rings (SSSR count). The predicted octanol–water partition coefficient (Wildman–Crippen LogP) is 7.07. The molecule has 0 unspecified atom stereocenters. The van der Waals surface area contributed by atoms with Crippen molar-refractivity contribution in [1.29, 1.82) is 0 Å². The van der Waals surface area contributed by atoms with Crippen LogP contribution in [0.25, 0.3) is 10.8 Å². The summed E-state index contributed by atoms with van der Waals surface area (Å²) in [5, 5.41) is 14.5. The van der Waals surface area contributed by atoms with Crippen LogP contribution in [0.5, 0.6) is 11.5 Å². The van der Waals surface area contributed by atoms with Crippen molar-refractivity contribution in [2.45, 2.75) is 45.4 Å². The second-order valence-corrected chi connectivity index (χ2v) is 10.3. The van der Waals surface area contributed by atoms with Gasteiger partial charge in [0.25, 0.3) is 0 Å². The summed E-state index contributed by atoms with van der Waals surface area (Å²) in [7, 11) is 0. The minimum Gasteiger partial charge on any atom is -0.494 e. The van der Waals surface area contributed by atoms with E-state index in [1.165, 1.54) is 5.39 Å². The molecule has 226 valence electrons. The lowest BCUT2D eigenvalue weighted by molar-refractivity contribution is -0.137. The number of aliphatic carboxylic acids is 1. The Morgan fingerprint density at radius 2 is 1.51 bits per heavy atom. The van der Waals surface area contributed by atoms with Crippen molar-refractivity contribution in [3.05, 3.63) is 107 Å². The van der Waals surface area contributed by atoms with Crippen molar-refractivity contribution in [3.8, 4) is 11.5 Å². The van der Waals surface area contributed by atoms with E-state index in [1.807, 2.05) is 91.9 Å². The van der Waals surface area contributed by atoms with Crippen LogP contribution in [0.4, 0.5) is 0 Å². The number of amides is 1. The van der Waals surface area contributed by atoms with Gasteiger partial charge in [0.05, 0.1) is 6.61 Å². The van der Waals surface area contributed by atoms with Gasteiger partial charge in [0, 0.05) is 30.8 Å². The Kier molecular flexibility index (Phi) is 14.1. The number of ketones is 1. The van der Waals surface area contributed by atoms with Crippen molar-refractivity contribution >= 4 is 40.0 Å². The summed E-state index contributed by atoms with van der Waals surface area (Å²) >= 11 is 5.94. The van der Waals surface area contributed by atoms with E-state index >= 15 is 0 Å². The molecule has 0 aliphatic carbocycles. The third-order valence-electron chi connectivity index (χ3n) is 6.51. The van der Waals surface area contributed by atoms with Gasteiger partial charge in [-0.15, -0.1) is 0 Å². The number of carbonyl (C=O) groups is 3. The van der Waals surface area contributed by atoms with E-state index in [2.05, 4.69) is 11.4 Å². The fourth-order valence-electron chi connectivity index (χ4n) is 4.07. The Morgan fingerprint density at radius 1 is 0.767 bits per heavy atom. The second kappa shape index (κ2) is 18.2. The lowest BCUT2D eigenvalue weighted by atomic mass is 10.1. The number of benzene rings is 4. The monoisotopic (exact) mass is 603 g/mol. The highest BCUT2D eigenvalue weighted by atomic mass is 35.5. The zero-order valence-electron chi connectivity index (χ0n) is 24.4. The average molecular weight is 604 g/mol. The fourth-order valence-corrected chi connectivity index (χ4v) is 4.29. The van der Waals surface area contributed by atoms with Gasteiger partial charge in [0.2, 0.25) is 5.91 Å². The largest absolute Gasteiger partial charge is 0.494 e. The van der Waals surface area contributed by atoms with E-state index in [-0.39, 0.29) is 24.7 Å². The van der Waals surface area contributed by atoms with E-state index < -0.39 is 5.97 Å². The maximum absolute atomic E-state index is 12.0. The summed E-state index contributed by atoms with van der Waals surface area (Å²) in [4.78, 5) is 33.5. The summed E-state index contributed by atoms with van der Waals surface area (Å²) in [5.41, 5.74) is 2.15. The number of fused-ring (bicyclic) bond motifs is 1. The second-order valence-electron chi connectivity index (χ2n) is 9.91. The molecular weight excluding hydrogens is 566 g/mol. The van der Waals surface area contributed by atoms with Crippen LogP contribution in [0.15, 0.2) is 91.0 Å². The van der Waals surface area contributed by atoms with Gasteiger partial charge in [-0.1, -0.05) is 73.1 Å². The number of carboxylic acid groups (broad SMARTS) is 1. The molecule has 0 saturated heterocycles. The first-order chi connectivity index (χ1) is 20.8. The first kappa shape index (κ1) is 33.1. The van der Waals surface area contributed by atoms with Crippen molar-refractivity contribution in [2.24, 2.45) is 0 Å². The molecule has 8 heteroatoms. The number of hydrogen-bond acceptors (Lipinski definition) is 5. The average Bonchev–Trinajstić information content (AvgIpc) is 3.01. The number of aryl methyl sites for hydroxylation is 1. The molecule has 1 amide bonds. The van der Waals surface area contributed by atoms with Crippen LogP contribution in [-0.2, 0) is 27.2 Å². The van der Waals surface area contributed by atoms with Gasteiger partial charge in [-0.3, -0.25) is 14.4 Å². The van der Waals surface area contributed by atoms with Gasteiger partial charge < -0.3 is 19.9 Å². The highest BCUT2D eigenvalue weighted by Crippen LogP contribution is 2.20. The molecule has 0 aliphatic rings. The molecular formula is C35H38ClNO6. The predicted molar refractivity (Wildman–Crippen MR) is 170 cm³/mol. The number of rotatable bonds is 15. The quantitative estimate of drug-likeness (QED) is 0.141. The Bertz CT molecular complexity index is 1470. The summed E-state index contributed by atoms with van der Waals surface area (Å²) in [6, 6.07) is 29.1. The lowest BCUT2D eigenvalue weighted by Gasteiger charge is -2.08. The maximum Gasteiger partial charge on any atom is 0.303 e. The Morgan fingerprint density at radius 3 is 2.23 bits per heavy atom. The van der Waals surface area contributed by atoms with E-state index in [9.17, 15) is 14.4 Å². The number of Topliss-reactive ketones (excluding diaryl/α,β-unsaturated/α-hetero) is 1. The van der Waals surface area contributed by atoms with Gasteiger partial charge in [0.1, 0.15) is 18.1 Å². The number of carboxylic acids is 1. The Labute approximate surface area is 257 Å². The van der Waals surface area contributed by atoms with Gasteiger partial charge in [-0.2, -0.15) is 0 Å². The molecule has 4 aromatic carbocycles. The zero-order valence-corrected chi connectivity index (χ0v) is 25.1. The van der Waals surface area contributed by atoms with Crippen LogP contribution in [0.3, 0.4) is 0 Å². The van der Waals surface area contributed by atoms with Gasteiger partial charge in [-0.25, -0.2) is 0 Å². The molecule has 0 spiro atoms. The smallest absolute Gasteiger partial charge is 0.303 e. The first-order valence-corrected chi connectivity index (χ1v) is 14.8. The molecule has 0 heterocycles. The fraction of sp³-hybridized carbons (Fsp3) is 0.286. The summed E-state index contributed by atoms with van der Waals surface area (Å²) in [6.07, 6.45) is 2.93. The van der Waals surface area contributed by atoms with Crippen molar-refractivity contribution < 1.29 is 29.0 Å². The molecule has 0 saturated carbocycles. The highest BCUT2D eigenvalue weighted by molar-refractivity contribution is 6.30. The Balaban J connectivity index is 0.000000268. The number of hydrogen-bond donors (Lipinski definition) is 2. The first-order valence-electron chi connectivity index (χ1n) is 14.4. The van der Waals surface area contributed by atoms with E-state index in [0.717, 1.165) is 28.7 Å². The maximum atomic E-state index is 12.0. The standard InChI is InChI=1S/C21H24ClNO4.C14H14O2/c22-18-4-1-3-17(15-18)12-13-23-20(24)11-8-16-6-9-19(10-7-16)27-14-2-5-21(25)26;1-2-13(15)10-16-14-8-7-11-5-3-4-6-12(11)9-14/h1,3-4,6-7,9-10,15H,2,5,8,11-14H2,(H,23,24)(H,25,26);3-9H,2,10H2,1H3. The van der Waals surface area contributed by atoms with Gasteiger partial charge in [0.15, 0.2) is 5.78 Å². The Hall–Kier alpha value is -4.36. The third kappa shape index (κ3) is 13.0. The molecule has 4 aromatic rings. The molecule has 2 N–H and O–H groups in total. The van der Waals surface area contributed by atoms with Gasteiger partial charge >= 0.3 is 5.97 Å². The van der Waals surface area contributed by atoms with Crippen LogP contribution in [-0.4, -0.2) is 42.5 Å².